The van der Waals surface area contributed by atoms with Crippen molar-refractivity contribution in [2.45, 2.75) is 6.92 Å². The molecule has 1 saturated heterocycles. The van der Waals surface area contributed by atoms with E-state index in [0.29, 0.717) is 6.54 Å². The van der Waals surface area contributed by atoms with E-state index in [4.69, 9.17) is 0 Å². The van der Waals surface area contributed by atoms with Crippen LogP contribution < -0.4 is 10.2 Å². The number of aromatic nitrogens is 2. The first kappa shape index (κ1) is 18.3. The van der Waals surface area contributed by atoms with Gasteiger partial charge in [-0.1, -0.05) is 15.9 Å². The molecule has 0 saturated carbocycles. The number of rotatable bonds is 4. The number of thiophene rings is 1. The Bertz CT molecular complexity index is 968. The van der Waals surface area contributed by atoms with Crippen LogP contribution >= 0.6 is 27.3 Å². The predicted octanol–water partition coefficient (Wildman–Crippen LogP) is 3.52. The summed E-state index contributed by atoms with van der Waals surface area (Å²) in [5, 5.41) is 6.17. The third kappa shape index (κ3) is 4.12. The second-order valence-corrected chi connectivity index (χ2v) is 8.42. The average molecular weight is 446 g/mol. The van der Waals surface area contributed by atoms with Crippen LogP contribution in [-0.2, 0) is 4.79 Å². The number of fused-ring (bicyclic) bond motifs is 1. The Morgan fingerprint density at radius 3 is 2.81 bits per heavy atom. The molecule has 1 N–H and O–H groups in total. The zero-order chi connectivity index (χ0) is 18.8. The minimum atomic E-state index is 0.0242. The molecule has 140 valence electrons. The summed E-state index contributed by atoms with van der Waals surface area (Å²) in [7, 11) is 0. The van der Waals surface area contributed by atoms with Crippen molar-refractivity contribution in [2.24, 2.45) is 0 Å². The van der Waals surface area contributed by atoms with E-state index < -0.39 is 0 Å². The number of carbonyl (C=O) groups is 1. The molecule has 2 aromatic heterocycles. The van der Waals surface area contributed by atoms with Gasteiger partial charge in [0.05, 0.1) is 11.9 Å². The van der Waals surface area contributed by atoms with E-state index in [2.05, 4.69) is 47.1 Å². The molecule has 1 fully saturated rings. The van der Waals surface area contributed by atoms with Crippen molar-refractivity contribution in [3.05, 3.63) is 46.0 Å². The molecule has 0 atom stereocenters. The monoisotopic (exact) mass is 445 g/mol. The van der Waals surface area contributed by atoms with Gasteiger partial charge < -0.3 is 10.2 Å². The molecule has 3 heterocycles. The fourth-order valence-corrected chi connectivity index (χ4v) is 4.51. The van der Waals surface area contributed by atoms with Gasteiger partial charge in [0, 0.05) is 36.3 Å². The Balaban J connectivity index is 1.34. The summed E-state index contributed by atoms with van der Waals surface area (Å²) in [5.74, 6) is 1.02. The van der Waals surface area contributed by atoms with E-state index >= 15 is 0 Å². The largest absolute Gasteiger partial charge is 0.353 e. The Morgan fingerprint density at radius 2 is 2.04 bits per heavy atom. The number of halogens is 1. The van der Waals surface area contributed by atoms with Gasteiger partial charge in [0.2, 0.25) is 5.91 Å². The Kier molecular flexibility index (Phi) is 5.38. The van der Waals surface area contributed by atoms with Crippen molar-refractivity contribution in [3.63, 3.8) is 0 Å². The predicted molar refractivity (Wildman–Crippen MR) is 114 cm³/mol. The lowest BCUT2D eigenvalue weighted by molar-refractivity contribution is -0.117. The summed E-state index contributed by atoms with van der Waals surface area (Å²) in [4.78, 5) is 26.7. The molecule has 0 bridgehead atoms. The SMILES string of the molecule is Cc1cc(Br)ccc1NC(=O)CN1CCN(c2ncnc3sccc23)CC1. The van der Waals surface area contributed by atoms with Gasteiger partial charge in [-0.05, 0) is 42.1 Å². The van der Waals surface area contributed by atoms with Crippen LogP contribution in [0, 0.1) is 6.92 Å². The molecular formula is C19H20BrN5OS. The Labute approximate surface area is 170 Å². The molecule has 6 nitrogen and oxygen atoms in total. The zero-order valence-corrected chi connectivity index (χ0v) is 17.4. The smallest absolute Gasteiger partial charge is 0.238 e. The normalized spacial score (nSPS) is 15.3. The summed E-state index contributed by atoms with van der Waals surface area (Å²) < 4.78 is 1.01. The van der Waals surface area contributed by atoms with Crippen LogP contribution in [0.15, 0.2) is 40.4 Å². The maximum atomic E-state index is 12.4. The number of nitrogens with one attached hydrogen (secondary N) is 1. The fourth-order valence-electron chi connectivity index (χ4n) is 3.31. The van der Waals surface area contributed by atoms with Crippen molar-refractivity contribution in [2.75, 3.05) is 42.9 Å². The molecule has 1 aromatic carbocycles. The number of hydrogen-bond donors (Lipinski definition) is 1. The number of nitrogens with zero attached hydrogens (tertiary/aromatic N) is 4. The molecule has 1 aliphatic heterocycles. The summed E-state index contributed by atoms with van der Waals surface area (Å²) in [6.45, 7) is 5.77. The third-order valence-electron chi connectivity index (χ3n) is 4.74. The number of aryl methyl sites for hydroxylation is 1. The Morgan fingerprint density at radius 1 is 1.22 bits per heavy atom. The van der Waals surface area contributed by atoms with Crippen molar-refractivity contribution in [1.82, 2.24) is 14.9 Å². The van der Waals surface area contributed by atoms with Crippen molar-refractivity contribution in [1.29, 1.82) is 0 Å². The molecule has 1 aliphatic rings. The van der Waals surface area contributed by atoms with E-state index in [1.807, 2.05) is 30.5 Å². The molecule has 27 heavy (non-hydrogen) atoms. The second-order valence-electron chi connectivity index (χ2n) is 6.61. The molecule has 3 aromatic rings. The number of anilines is 2. The van der Waals surface area contributed by atoms with Crippen LogP contribution in [0.3, 0.4) is 0 Å². The van der Waals surface area contributed by atoms with E-state index in [9.17, 15) is 4.79 Å². The minimum absolute atomic E-state index is 0.0242. The van der Waals surface area contributed by atoms with Gasteiger partial charge in [0.25, 0.3) is 0 Å². The number of amides is 1. The quantitative estimate of drug-likeness (QED) is 0.665. The molecular weight excluding hydrogens is 426 g/mol. The Hall–Kier alpha value is -2.03. The number of carbonyl (C=O) groups excluding carboxylic acids is 1. The van der Waals surface area contributed by atoms with Gasteiger partial charge >= 0.3 is 0 Å². The van der Waals surface area contributed by atoms with Crippen molar-refractivity contribution in [3.8, 4) is 0 Å². The average Bonchev–Trinajstić information content (AvgIpc) is 3.13. The first-order valence-electron chi connectivity index (χ1n) is 8.81. The van der Waals surface area contributed by atoms with Gasteiger partial charge in [0.1, 0.15) is 17.0 Å². The highest BCUT2D eigenvalue weighted by Crippen LogP contribution is 2.27. The van der Waals surface area contributed by atoms with Gasteiger partial charge in [0.15, 0.2) is 0 Å². The first-order chi connectivity index (χ1) is 13.1. The van der Waals surface area contributed by atoms with Crippen molar-refractivity contribution >= 4 is 54.9 Å². The molecule has 4 rings (SSSR count). The van der Waals surface area contributed by atoms with Crippen LogP contribution in [0.1, 0.15) is 5.56 Å². The topological polar surface area (TPSA) is 61.4 Å². The summed E-state index contributed by atoms with van der Waals surface area (Å²) in [6.07, 6.45) is 1.63. The third-order valence-corrected chi connectivity index (χ3v) is 6.06. The highest BCUT2D eigenvalue weighted by atomic mass is 79.9. The number of hydrogen-bond acceptors (Lipinski definition) is 6. The lowest BCUT2D eigenvalue weighted by Gasteiger charge is -2.35. The molecule has 0 radical (unpaired) electrons. The fraction of sp³-hybridized carbons (Fsp3) is 0.316. The summed E-state index contributed by atoms with van der Waals surface area (Å²) in [6, 6.07) is 7.95. The molecule has 0 spiro atoms. The van der Waals surface area contributed by atoms with Gasteiger partial charge in [-0.3, -0.25) is 9.69 Å². The van der Waals surface area contributed by atoms with Crippen LogP contribution in [0.5, 0.6) is 0 Å². The van der Waals surface area contributed by atoms with Gasteiger partial charge in [-0.2, -0.15) is 0 Å². The van der Waals surface area contributed by atoms with Crippen molar-refractivity contribution < 1.29 is 4.79 Å². The van der Waals surface area contributed by atoms with Gasteiger partial charge in [-0.15, -0.1) is 11.3 Å². The molecule has 0 unspecified atom stereocenters. The second kappa shape index (κ2) is 7.92. The minimum Gasteiger partial charge on any atom is -0.353 e. The highest BCUT2D eigenvalue weighted by molar-refractivity contribution is 9.10. The number of piperazine rings is 1. The lowest BCUT2D eigenvalue weighted by Crippen LogP contribution is -2.49. The standard InChI is InChI=1S/C19H20BrN5OS/c1-13-10-14(20)2-3-16(13)23-17(26)11-24-5-7-25(8-6-24)18-15-4-9-27-19(15)22-12-21-18/h2-4,9-10,12H,5-8,11H2,1H3,(H,23,26). The molecule has 1 amide bonds. The van der Waals surface area contributed by atoms with E-state index in [0.717, 1.165) is 57.9 Å². The van der Waals surface area contributed by atoms with Gasteiger partial charge in [-0.25, -0.2) is 9.97 Å². The summed E-state index contributed by atoms with van der Waals surface area (Å²) in [5.41, 5.74) is 1.91. The van der Waals surface area contributed by atoms with Crippen LogP contribution in [-0.4, -0.2) is 53.5 Å². The zero-order valence-electron chi connectivity index (χ0n) is 15.0. The molecule has 0 aliphatic carbocycles. The van der Waals surface area contributed by atoms with Crippen LogP contribution in [0.4, 0.5) is 11.5 Å². The highest BCUT2D eigenvalue weighted by Gasteiger charge is 2.21. The first-order valence-corrected chi connectivity index (χ1v) is 10.5. The maximum absolute atomic E-state index is 12.4. The van der Waals surface area contributed by atoms with Crippen LogP contribution in [0.25, 0.3) is 10.2 Å². The summed E-state index contributed by atoms with van der Waals surface area (Å²) >= 11 is 5.08. The van der Waals surface area contributed by atoms with Crippen LogP contribution in [0.2, 0.25) is 0 Å². The number of benzene rings is 1. The maximum Gasteiger partial charge on any atom is 0.238 e. The lowest BCUT2D eigenvalue weighted by atomic mass is 10.2. The van der Waals surface area contributed by atoms with E-state index in [-0.39, 0.29) is 5.91 Å². The van der Waals surface area contributed by atoms with E-state index in [1.54, 1.807) is 17.7 Å². The van der Waals surface area contributed by atoms with E-state index in [1.165, 1.54) is 0 Å². The molecule has 8 heteroatoms.